The molecule has 0 saturated heterocycles. The lowest BCUT2D eigenvalue weighted by Crippen LogP contribution is -2.22. The molecule has 0 fully saturated rings. The Hall–Kier alpha value is -3.12. The average Bonchev–Trinajstić information content (AvgIpc) is 3.07. The van der Waals surface area contributed by atoms with Gasteiger partial charge in [-0.3, -0.25) is 9.59 Å². The fourth-order valence-electron chi connectivity index (χ4n) is 3.44. The van der Waals surface area contributed by atoms with Crippen molar-refractivity contribution in [2.24, 2.45) is 5.73 Å². The Morgan fingerprint density at radius 1 is 1.10 bits per heavy atom. The van der Waals surface area contributed by atoms with Crippen molar-refractivity contribution in [1.82, 2.24) is 0 Å². The Morgan fingerprint density at radius 2 is 1.77 bits per heavy atom. The number of rotatable bonds is 9. The fraction of sp³-hybridized carbons (Fsp3) is 0.280. The third kappa shape index (κ3) is 5.52. The highest BCUT2D eigenvalue weighted by atomic mass is 32.1. The summed E-state index contributed by atoms with van der Waals surface area (Å²) >= 11 is 1.38. The summed E-state index contributed by atoms with van der Waals surface area (Å²) in [4.78, 5) is 25.7. The molecule has 1 aromatic heterocycles. The van der Waals surface area contributed by atoms with E-state index in [-0.39, 0.29) is 12.5 Å². The third-order valence-corrected chi connectivity index (χ3v) is 6.58. The van der Waals surface area contributed by atoms with Gasteiger partial charge in [0.15, 0.2) is 6.61 Å². The van der Waals surface area contributed by atoms with Gasteiger partial charge in [-0.15, -0.1) is 11.3 Å². The molecule has 0 spiro atoms. The van der Waals surface area contributed by atoms with Crippen molar-refractivity contribution in [3.63, 3.8) is 0 Å². The zero-order valence-electron chi connectivity index (χ0n) is 18.1. The lowest BCUT2D eigenvalue weighted by atomic mass is 9.98. The Labute approximate surface area is 187 Å². The van der Waals surface area contributed by atoms with Crippen LogP contribution >= 0.6 is 11.3 Å². The Bertz CT molecular complexity index is 1060. The van der Waals surface area contributed by atoms with Crippen LogP contribution in [-0.2, 0) is 11.2 Å². The molecule has 3 aromatic rings. The first-order valence-corrected chi connectivity index (χ1v) is 11.2. The molecule has 1 atom stereocenters. The van der Waals surface area contributed by atoms with Crippen molar-refractivity contribution in [3.8, 4) is 5.75 Å². The monoisotopic (exact) mass is 436 g/mol. The van der Waals surface area contributed by atoms with Crippen LogP contribution in [0.25, 0.3) is 0 Å². The number of para-hydroxylation sites is 1. The van der Waals surface area contributed by atoms with E-state index in [0.717, 1.165) is 28.0 Å². The first kappa shape index (κ1) is 22.6. The number of primary amides is 1. The van der Waals surface area contributed by atoms with E-state index in [1.165, 1.54) is 11.3 Å². The van der Waals surface area contributed by atoms with Crippen LogP contribution in [0.2, 0.25) is 0 Å². The van der Waals surface area contributed by atoms with Crippen molar-refractivity contribution >= 4 is 28.2 Å². The van der Waals surface area contributed by atoms with Gasteiger partial charge in [-0.2, -0.15) is 0 Å². The summed E-state index contributed by atoms with van der Waals surface area (Å²) in [5.41, 5.74) is 8.99. The molecule has 0 radical (unpaired) electrons. The second-order valence-corrected chi connectivity index (χ2v) is 8.67. The van der Waals surface area contributed by atoms with Gasteiger partial charge in [0.25, 0.3) is 11.8 Å². The molecule has 0 aliphatic heterocycles. The van der Waals surface area contributed by atoms with Crippen LogP contribution in [-0.4, -0.2) is 18.4 Å². The van der Waals surface area contributed by atoms with Gasteiger partial charge in [0.1, 0.15) is 10.8 Å². The molecular formula is C25H28N2O3S. The summed E-state index contributed by atoms with van der Waals surface area (Å²) in [6, 6.07) is 17.7. The Morgan fingerprint density at radius 3 is 2.45 bits per heavy atom. The minimum atomic E-state index is -0.550. The van der Waals surface area contributed by atoms with E-state index < -0.39 is 5.91 Å². The van der Waals surface area contributed by atoms with Gasteiger partial charge in [0.05, 0.1) is 5.56 Å². The summed E-state index contributed by atoms with van der Waals surface area (Å²) in [5, 5.41) is 3.30. The number of benzene rings is 2. The number of nitrogens with one attached hydrogen (secondary N) is 1. The van der Waals surface area contributed by atoms with Gasteiger partial charge in [-0.1, -0.05) is 62.4 Å². The molecule has 3 rings (SSSR count). The summed E-state index contributed by atoms with van der Waals surface area (Å²) < 4.78 is 5.80. The lowest BCUT2D eigenvalue weighted by molar-refractivity contribution is -0.118. The maximum absolute atomic E-state index is 12.6. The third-order valence-electron chi connectivity index (χ3n) is 5.37. The van der Waals surface area contributed by atoms with Crippen LogP contribution in [0.5, 0.6) is 5.75 Å². The molecule has 6 heteroatoms. The van der Waals surface area contributed by atoms with Crippen molar-refractivity contribution < 1.29 is 14.3 Å². The highest BCUT2D eigenvalue weighted by molar-refractivity contribution is 7.17. The second kappa shape index (κ2) is 10.3. The molecule has 0 saturated carbocycles. The van der Waals surface area contributed by atoms with Crippen molar-refractivity contribution in [2.75, 3.05) is 11.9 Å². The molecule has 1 heterocycles. The van der Waals surface area contributed by atoms with Crippen molar-refractivity contribution in [2.45, 2.75) is 39.5 Å². The second-order valence-electron chi connectivity index (χ2n) is 7.56. The highest BCUT2D eigenvalue weighted by Gasteiger charge is 2.21. The Balaban J connectivity index is 1.74. The maximum atomic E-state index is 12.6. The standard InChI is InChI=1S/C25H28N2O3S/c1-4-16(2)19-12-8-9-13-20(19)30-15-22(28)27-25-23(24(26)29)17(3)21(31-25)14-18-10-6-5-7-11-18/h5-13,16H,4,14-15H2,1-3H3,(H2,26,29)(H,27,28)/t16-/m1/s1. The van der Waals surface area contributed by atoms with Gasteiger partial charge in [0, 0.05) is 11.3 Å². The number of hydrogen-bond donors (Lipinski definition) is 2. The highest BCUT2D eigenvalue weighted by Crippen LogP contribution is 2.34. The quantitative estimate of drug-likeness (QED) is 0.479. The molecule has 2 aromatic carbocycles. The number of ether oxygens (including phenoxy) is 1. The molecular weight excluding hydrogens is 408 g/mol. The summed E-state index contributed by atoms with van der Waals surface area (Å²) in [6.07, 6.45) is 1.65. The molecule has 0 unspecified atom stereocenters. The van der Waals surface area contributed by atoms with E-state index in [1.54, 1.807) is 0 Å². The average molecular weight is 437 g/mol. The lowest BCUT2D eigenvalue weighted by Gasteiger charge is -2.15. The maximum Gasteiger partial charge on any atom is 0.262 e. The molecule has 5 nitrogen and oxygen atoms in total. The fourth-order valence-corrected chi connectivity index (χ4v) is 4.70. The minimum Gasteiger partial charge on any atom is -0.483 e. The first-order chi connectivity index (χ1) is 14.9. The number of anilines is 1. The topological polar surface area (TPSA) is 81.4 Å². The largest absolute Gasteiger partial charge is 0.483 e. The first-order valence-electron chi connectivity index (χ1n) is 10.4. The van der Waals surface area contributed by atoms with E-state index in [0.29, 0.717) is 28.7 Å². The number of nitrogens with two attached hydrogens (primary N) is 1. The number of thiophene rings is 1. The molecule has 0 bridgehead atoms. The van der Waals surface area contributed by atoms with Crippen LogP contribution in [0.1, 0.15) is 58.1 Å². The molecule has 31 heavy (non-hydrogen) atoms. The molecule has 2 amide bonds. The molecule has 162 valence electrons. The van der Waals surface area contributed by atoms with E-state index in [4.69, 9.17) is 10.5 Å². The number of carbonyl (C=O) groups excluding carboxylic acids is 2. The molecule has 0 aliphatic rings. The zero-order valence-corrected chi connectivity index (χ0v) is 18.9. The summed E-state index contributed by atoms with van der Waals surface area (Å²) in [5.74, 6) is 0.163. The van der Waals surface area contributed by atoms with E-state index in [2.05, 4.69) is 19.2 Å². The van der Waals surface area contributed by atoms with Crippen LogP contribution in [0.15, 0.2) is 54.6 Å². The van der Waals surface area contributed by atoms with E-state index >= 15 is 0 Å². The van der Waals surface area contributed by atoms with Crippen LogP contribution in [0.3, 0.4) is 0 Å². The van der Waals surface area contributed by atoms with Gasteiger partial charge in [-0.05, 0) is 42.0 Å². The number of carbonyl (C=O) groups is 2. The van der Waals surface area contributed by atoms with Gasteiger partial charge < -0.3 is 15.8 Å². The zero-order chi connectivity index (χ0) is 22.4. The molecule has 0 aliphatic carbocycles. The smallest absolute Gasteiger partial charge is 0.262 e. The van der Waals surface area contributed by atoms with E-state index in [9.17, 15) is 9.59 Å². The van der Waals surface area contributed by atoms with Gasteiger partial charge in [0.2, 0.25) is 0 Å². The van der Waals surface area contributed by atoms with Gasteiger partial charge >= 0.3 is 0 Å². The summed E-state index contributed by atoms with van der Waals surface area (Å²) in [6.45, 7) is 5.97. The number of amides is 2. The molecule has 3 N–H and O–H groups in total. The summed E-state index contributed by atoms with van der Waals surface area (Å²) in [7, 11) is 0. The van der Waals surface area contributed by atoms with Gasteiger partial charge in [-0.25, -0.2) is 0 Å². The predicted octanol–water partition coefficient (Wildman–Crippen LogP) is 5.28. The van der Waals surface area contributed by atoms with Crippen molar-refractivity contribution in [3.05, 3.63) is 81.7 Å². The SMILES string of the molecule is CC[C@@H](C)c1ccccc1OCC(=O)Nc1sc(Cc2ccccc2)c(C)c1C(N)=O. The normalized spacial score (nSPS) is 11.7. The van der Waals surface area contributed by atoms with Crippen molar-refractivity contribution in [1.29, 1.82) is 0 Å². The predicted molar refractivity (Wildman–Crippen MR) is 126 cm³/mol. The minimum absolute atomic E-state index is 0.142. The van der Waals surface area contributed by atoms with Crippen LogP contribution in [0.4, 0.5) is 5.00 Å². The number of hydrogen-bond acceptors (Lipinski definition) is 4. The Kier molecular flexibility index (Phi) is 7.47. The van der Waals surface area contributed by atoms with Crippen LogP contribution < -0.4 is 15.8 Å². The van der Waals surface area contributed by atoms with Crippen LogP contribution in [0, 0.1) is 6.92 Å². The van der Waals surface area contributed by atoms with E-state index in [1.807, 2.05) is 61.5 Å².